The van der Waals surface area contributed by atoms with Gasteiger partial charge in [-0.2, -0.15) is 0 Å². The number of amides is 1. The summed E-state index contributed by atoms with van der Waals surface area (Å²) in [6.45, 7) is 2.49. The lowest BCUT2D eigenvalue weighted by molar-refractivity contribution is 0.0694. The molecule has 0 atom stereocenters. The van der Waals surface area contributed by atoms with Crippen molar-refractivity contribution in [1.29, 1.82) is 0 Å². The number of carbonyl (C=O) groups excluding carboxylic acids is 1. The van der Waals surface area contributed by atoms with Crippen LogP contribution in [0.2, 0.25) is 0 Å². The van der Waals surface area contributed by atoms with Gasteiger partial charge in [0.2, 0.25) is 15.9 Å². The lowest BCUT2D eigenvalue weighted by atomic mass is 9.96. The van der Waals surface area contributed by atoms with Crippen molar-refractivity contribution in [3.63, 3.8) is 0 Å². The number of fused-ring (bicyclic) bond motifs is 1. The van der Waals surface area contributed by atoms with Crippen LogP contribution in [0, 0.1) is 5.92 Å². The van der Waals surface area contributed by atoms with Gasteiger partial charge in [-0.25, -0.2) is 22.3 Å². The Morgan fingerprint density at radius 1 is 1.05 bits per heavy atom. The normalized spacial score (nSPS) is 14.9. The minimum absolute atomic E-state index is 0.00177. The van der Waals surface area contributed by atoms with Crippen LogP contribution in [0.15, 0.2) is 54.6 Å². The highest BCUT2D eigenvalue weighted by Gasteiger charge is 2.29. The molecular weight excluding hydrogens is 510 g/mol. The number of sulfonamides is 1. The summed E-state index contributed by atoms with van der Waals surface area (Å²) in [5, 5.41) is 10.4. The Hall–Kier alpha value is -3.57. The fourth-order valence-electron chi connectivity index (χ4n) is 4.95. The minimum atomic E-state index is -3.79. The van der Waals surface area contributed by atoms with Crippen molar-refractivity contribution in [2.75, 3.05) is 39.5 Å². The van der Waals surface area contributed by atoms with E-state index in [1.165, 1.54) is 7.11 Å². The molecule has 1 aliphatic rings. The first-order valence-corrected chi connectivity index (χ1v) is 14.3. The predicted octanol–water partition coefficient (Wildman–Crippen LogP) is 3.66. The lowest BCUT2D eigenvalue weighted by Gasteiger charge is -2.33. The molecule has 0 saturated carbocycles. The van der Waals surface area contributed by atoms with Crippen molar-refractivity contribution in [2.24, 2.45) is 5.92 Å². The molecule has 0 bridgehead atoms. The van der Waals surface area contributed by atoms with Gasteiger partial charge in [0.05, 0.1) is 25.4 Å². The Balaban J connectivity index is 1.35. The molecule has 0 aliphatic carbocycles. The number of carbonyl (C=O) groups is 2. The third-order valence-corrected chi connectivity index (χ3v) is 8.04. The van der Waals surface area contributed by atoms with Gasteiger partial charge >= 0.3 is 12.1 Å². The van der Waals surface area contributed by atoms with Gasteiger partial charge < -0.3 is 24.0 Å². The lowest BCUT2D eigenvalue weighted by Crippen LogP contribution is -2.44. The van der Waals surface area contributed by atoms with Crippen LogP contribution >= 0.6 is 0 Å². The Labute approximate surface area is 222 Å². The zero-order chi connectivity index (χ0) is 27.3. The number of carboxylic acids is 1. The summed E-state index contributed by atoms with van der Waals surface area (Å²) >= 11 is 0. The number of para-hydroxylation sites is 1. The highest BCUT2D eigenvalue weighted by molar-refractivity contribution is 7.88. The molecule has 4 rings (SSSR count). The van der Waals surface area contributed by atoms with Crippen LogP contribution in [-0.2, 0) is 27.9 Å². The van der Waals surface area contributed by atoms with E-state index in [-0.39, 0.29) is 18.7 Å². The van der Waals surface area contributed by atoms with Gasteiger partial charge in [-0.05, 0) is 43.5 Å². The number of piperidine rings is 1. The highest BCUT2D eigenvalue weighted by atomic mass is 32.2. The van der Waals surface area contributed by atoms with Gasteiger partial charge in [-0.3, -0.25) is 0 Å². The van der Waals surface area contributed by atoms with Gasteiger partial charge in [0, 0.05) is 18.5 Å². The van der Waals surface area contributed by atoms with Gasteiger partial charge in [-0.15, -0.1) is 0 Å². The van der Waals surface area contributed by atoms with Crippen molar-refractivity contribution in [2.45, 2.75) is 26.0 Å². The molecule has 2 heterocycles. The average molecular weight is 544 g/mol. The maximum Gasteiger partial charge on any atom is 0.423 e. The molecule has 1 amide bonds. The summed E-state index contributed by atoms with van der Waals surface area (Å²) in [5.74, 6) is -0.386. The zero-order valence-electron chi connectivity index (χ0n) is 21.6. The van der Waals surface area contributed by atoms with E-state index in [1.807, 2.05) is 41.0 Å². The number of ether oxygens (including phenoxy) is 2. The van der Waals surface area contributed by atoms with Crippen LogP contribution in [0.5, 0.6) is 5.88 Å². The van der Waals surface area contributed by atoms with E-state index in [4.69, 9.17) is 9.47 Å². The minimum Gasteiger partial charge on any atom is -0.482 e. The molecule has 1 aliphatic heterocycles. The van der Waals surface area contributed by atoms with E-state index in [0.29, 0.717) is 30.3 Å². The number of nitrogens with zero attached hydrogens (tertiary/aromatic N) is 3. The van der Waals surface area contributed by atoms with E-state index in [9.17, 15) is 23.1 Å². The SMILES string of the molecule is COc1c(C(=O)O)c2ccccc2n1CC1CCN(CCN(C(=O)OCc2ccccc2)S(C)(=O)=O)CC1. The number of rotatable bonds is 10. The molecule has 1 N–H and O–H groups in total. The molecule has 0 unspecified atom stereocenters. The molecule has 38 heavy (non-hydrogen) atoms. The Kier molecular flexibility index (Phi) is 8.58. The smallest absolute Gasteiger partial charge is 0.423 e. The number of carboxylic acid groups (broad SMARTS) is 1. The Bertz CT molecular complexity index is 1380. The first-order valence-electron chi connectivity index (χ1n) is 12.5. The summed E-state index contributed by atoms with van der Waals surface area (Å²) in [6.07, 6.45) is 1.81. The van der Waals surface area contributed by atoms with Crippen molar-refractivity contribution in [3.8, 4) is 5.88 Å². The van der Waals surface area contributed by atoms with Crippen molar-refractivity contribution < 1.29 is 32.6 Å². The molecule has 204 valence electrons. The van der Waals surface area contributed by atoms with Crippen molar-refractivity contribution in [1.82, 2.24) is 13.8 Å². The van der Waals surface area contributed by atoms with Gasteiger partial charge in [0.15, 0.2) is 0 Å². The monoisotopic (exact) mass is 543 g/mol. The van der Waals surface area contributed by atoms with E-state index in [1.54, 1.807) is 18.2 Å². The van der Waals surface area contributed by atoms with E-state index >= 15 is 0 Å². The number of aromatic nitrogens is 1. The molecule has 3 aromatic rings. The van der Waals surface area contributed by atoms with Crippen LogP contribution in [0.3, 0.4) is 0 Å². The highest BCUT2D eigenvalue weighted by Crippen LogP contribution is 2.34. The molecule has 1 fully saturated rings. The Morgan fingerprint density at radius 2 is 1.71 bits per heavy atom. The van der Waals surface area contributed by atoms with Gasteiger partial charge in [0.25, 0.3) is 0 Å². The fraction of sp³-hybridized carbons (Fsp3) is 0.407. The second-order valence-electron chi connectivity index (χ2n) is 9.48. The first kappa shape index (κ1) is 27.5. The predicted molar refractivity (Wildman–Crippen MR) is 143 cm³/mol. The van der Waals surface area contributed by atoms with Crippen LogP contribution in [0.1, 0.15) is 28.8 Å². The third kappa shape index (κ3) is 6.28. The zero-order valence-corrected chi connectivity index (χ0v) is 22.4. The van der Waals surface area contributed by atoms with Crippen LogP contribution < -0.4 is 4.74 Å². The summed E-state index contributed by atoms with van der Waals surface area (Å²) in [7, 11) is -2.30. The largest absolute Gasteiger partial charge is 0.482 e. The van der Waals surface area contributed by atoms with Crippen LogP contribution in [0.4, 0.5) is 4.79 Å². The second kappa shape index (κ2) is 11.9. The topological polar surface area (TPSA) is 118 Å². The third-order valence-electron chi connectivity index (χ3n) is 6.91. The number of hydrogen-bond acceptors (Lipinski definition) is 7. The maximum absolute atomic E-state index is 12.6. The summed E-state index contributed by atoms with van der Waals surface area (Å²) in [5.41, 5.74) is 1.77. The molecule has 11 heteroatoms. The number of hydrogen-bond donors (Lipinski definition) is 1. The standard InChI is InChI=1S/C27H33N3O7S/c1-36-25-24(26(31)32)22-10-6-7-11-23(22)29(25)18-20-12-14-28(15-13-20)16-17-30(38(2,34)35)27(33)37-19-21-8-4-3-5-9-21/h3-11,20H,12-19H2,1-2H3,(H,31,32). The number of benzene rings is 2. The molecule has 0 radical (unpaired) electrons. The molecule has 2 aromatic carbocycles. The molecule has 10 nitrogen and oxygen atoms in total. The second-order valence-corrected chi connectivity index (χ2v) is 11.4. The average Bonchev–Trinajstić information content (AvgIpc) is 3.22. The van der Waals surface area contributed by atoms with Gasteiger partial charge in [-0.1, -0.05) is 48.5 Å². The van der Waals surface area contributed by atoms with Gasteiger partial charge in [0.1, 0.15) is 12.2 Å². The summed E-state index contributed by atoms with van der Waals surface area (Å²) in [6, 6.07) is 16.5. The Morgan fingerprint density at radius 3 is 2.34 bits per heavy atom. The van der Waals surface area contributed by atoms with Crippen LogP contribution in [-0.4, -0.2) is 78.9 Å². The van der Waals surface area contributed by atoms with Crippen LogP contribution in [0.25, 0.3) is 10.9 Å². The molecular formula is C27H33N3O7S. The van der Waals surface area contributed by atoms with E-state index < -0.39 is 22.1 Å². The van der Waals surface area contributed by atoms with Crippen molar-refractivity contribution >= 4 is 33.0 Å². The van der Waals surface area contributed by atoms with E-state index in [2.05, 4.69) is 4.90 Å². The molecule has 1 saturated heterocycles. The van der Waals surface area contributed by atoms with Crippen molar-refractivity contribution in [3.05, 3.63) is 65.7 Å². The summed E-state index contributed by atoms with van der Waals surface area (Å²) < 4.78 is 38.0. The number of methoxy groups -OCH3 is 1. The maximum atomic E-state index is 12.6. The molecule has 1 aromatic heterocycles. The number of likely N-dealkylation sites (tertiary alicyclic amines) is 1. The fourth-order valence-corrected chi connectivity index (χ4v) is 5.68. The molecule has 0 spiro atoms. The summed E-state index contributed by atoms with van der Waals surface area (Å²) in [4.78, 5) is 26.6. The first-order chi connectivity index (χ1) is 18.2. The van der Waals surface area contributed by atoms with E-state index in [0.717, 1.165) is 47.6 Å². The quantitative estimate of drug-likeness (QED) is 0.412. The number of aromatic carboxylic acids is 1.